The summed E-state index contributed by atoms with van der Waals surface area (Å²) in [7, 11) is 0. The van der Waals surface area contributed by atoms with E-state index in [-0.39, 0.29) is 23.6 Å². The molecule has 1 fully saturated rings. The largest absolute Gasteiger partial charge is 0.416 e. The molecule has 7 heteroatoms. The summed E-state index contributed by atoms with van der Waals surface area (Å²) in [5.41, 5.74) is 5.67. The first-order chi connectivity index (χ1) is 10.8. The van der Waals surface area contributed by atoms with Crippen molar-refractivity contribution in [3.05, 3.63) is 23.8 Å². The van der Waals surface area contributed by atoms with Gasteiger partial charge < -0.3 is 16.4 Å². The van der Waals surface area contributed by atoms with Gasteiger partial charge in [0.2, 0.25) is 5.91 Å². The molecule has 1 aliphatic carbocycles. The molecule has 0 bridgehead atoms. The average Bonchev–Trinajstić information content (AvgIpc) is 2.91. The molecule has 1 aromatic carbocycles. The van der Waals surface area contributed by atoms with Gasteiger partial charge in [0.15, 0.2) is 0 Å². The Labute approximate surface area is 133 Å². The van der Waals surface area contributed by atoms with Crippen LogP contribution in [0.2, 0.25) is 0 Å². The van der Waals surface area contributed by atoms with E-state index in [4.69, 9.17) is 5.73 Å². The number of anilines is 2. The van der Waals surface area contributed by atoms with Gasteiger partial charge in [-0.25, -0.2) is 0 Å². The maximum atomic E-state index is 12.9. The lowest BCUT2D eigenvalue weighted by molar-refractivity contribution is -0.137. The van der Waals surface area contributed by atoms with Crippen molar-refractivity contribution in [3.63, 3.8) is 0 Å². The monoisotopic (exact) mass is 329 g/mol. The van der Waals surface area contributed by atoms with E-state index >= 15 is 0 Å². The van der Waals surface area contributed by atoms with E-state index in [0.29, 0.717) is 25.1 Å². The van der Waals surface area contributed by atoms with E-state index in [9.17, 15) is 18.0 Å². The van der Waals surface area contributed by atoms with Crippen molar-refractivity contribution >= 4 is 17.3 Å². The fourth-order valence-corrected chi connectivity index (χ4v) is 2.73. The van der Waals surface area contributed by atoms with E-state index in [0.717, 1.165) is 25.0 Å². The summed E-state index contributed by atoms with van der Waals surface area (Å²) in [5, 5.41) is 5.68. The molecule has 1 amide bonds. The first kappa shape index (κ1) is 17.6. The van der Waals surface area contributed by atoms with Gasteiger partial charge in [-0.1, -0.05) is 6.92 Å². The van der Waals surface area contributed by atoms with Crippen molar-refractivity contribution in [1.82, 2.24) is 0 Å². The molecule has 1 aliphatic rings. The third-order valence-corrected chi connectivity index (χ3v) is 4.01. The maximum Gasteiger partial charge on any atom is 0.416 e. The third kappa shape index (κ3) is 4.60. The topological polar surface area (TPSA) is 67.1 Å². The van der Waals surface area contributed by atoms with E-state index in [1.54, 1.807) is 0 Å². The Morgan fingerprint density at radius 3 is 2.61 bits per heavy atom. The molecule has 0 heterocycles. The smallest absolute Gasteiger partial charge is 0.383 e. The number of carbonyl (C=O) groups excluding carboxylic acids is 1. The molecule has 1 aromatic rings. The number of nitrogens with two attached hydrogens (primary N) is 1. The highest BCUT2D eigenvalue weighted by atomic mass is 19.4. The lowest BCUT2D eigenvalue weighted by Gasteiger charge is -2.17. The summed E-state index contributed by atoms with van der Waals surface area (Å²) in [5.74, 6) is -0.504. The maximum absolute atomic E-state index is 12.9. The highest BCUT2D eigenvalue weighted by Gasteiger charge is 2.32. The SMILES string of the molecule is CCCNc1ccc(C(F)(F)F)cc1NC(=O)C1CCC(N)C1. The van der Waals surface area contributed by atoms with Crippen LogP contribution in [-0.4, -0.2) is 18.5 Å². The Balaban J connectivity index is 2.20. The number of hydrogen-bond donors (Lipinski definition) is 3. The van der Waals surface area contributed by atoms with Crippen molar-refractivity contribution in [2.24, 2.45) is 11.7 Å². The average molecular weight is 329 g/mol. The van der Waals surface area contributed by atoms with Crippen molar-refractivity contribution in [3.8, 4) is 0 Å². The lowest BCUT2D eigenvalue weighted by Crippen LogP contribution is -2.24. The first-order valence-corrected chi connectivity index (χ1v) is 7.82. The van der Waals surface area contributed by atoms with Crippen LogP contribution in [0.15, 0.2) is 18.2 Å². The lowest BCUT2D eigenvalue weighted by atomic mass is 10.1. The van der Waals surface area contributed by atoms with Crippen LogP contribution in [0.4, 0.5) is 24.5 Å². The van der Waals surface area contributed by atoms with Crippen LogP contribution in [0.3, 0.4) is 0 Å². The zero-order valence-electron chi connectivity index (χ0n) is 13.0. The van der Waals surface area contributed by atoms with Crippen molar-refractivity contribution in [1.29, 1.82) is 0 Å². The molecule has 4 nitrogen and oxygen atoms in total. The molecule has 128 valence electrons. The standard InChI is InChI=1S/C16H22F3N3O/c1-2-7-21-13-6-4-11(16(17,18)19)9-14(13)22-15(23)10-3-5-12(20)8-10/h4,6,9-10,12,21H,2-3,5,7-8,20H2,1H3,(H,22,23). The number of hydrogen-bond acceptors (Lipinski definition) is 3. The summed E-state index contributed by atoms with van der Waals surface area (Å²) < 4.78 is 38.7. The van der Waals surface area contributed by atoms with Crippen LogP contribution in [-0.2, 0) is 11.0 Å². The number of alkyl halides is 3. The fourth-order valence-electron chi connectivity index (χ4n) is 2.73. The number of benzene rings is 1. The molecule has 0 aliphatic heterocycles. The zero-order chi connectivity index (χ0) is 17.0. The molecule has 2 rings (SSSR count). The Morgan fingerprint density at radius 2 is 2.04 bits per heavy atom. The van der Waals surface area contributed by atoms with E-state index in [1.165, 1.54) is 6.07 Å². The van der Waals surface area contributed by atoms with Crippen LogP contribution >= 0.6 is 0 Å². The highest BCUT2D eigenvalue weighted by Crippen LogP contribution is 2.35. The number of carbonyl (C=O) groups is 1. The van der Waals surface area contributed by atoms with Crippen LogP contribution < -0.4 is 16.4 Å². The summed E-state index contributed by atoms with van der Waals surface area (Å²) in [6.07, 6.45) is -1.61. The molecule has 2 atom stereocenters. The van der Waals surface area contributed by atoms with Gasteiger partial charge in [-0.15, -0.1) is 0 Å². The molecule has 1 saturated carbocycles. The number of halogens is 3. The summed E-state index contributed by atoms with van der Waals surface area (Å²) in [6.45, 7) is 2.57. The summed E-state index contributed by atoms with van der Waals surface area (Å²) in [4.78, 5) is 12.3. The summed E-state index contributed by atoms with van der Waals surface area (Å²) in [6, 6.07) is 3.34. The number of rotatable bonds is 5. The first-order valence-electron chi connectivity index (χ1n) is 7.82. The molecule has 0 aromatic heterocycles. The van der Waals surface area contributed by atoms with Crippen LogP contribution in [0.1, 0.15) is 38.2 Å². The Hall–Kier alpha value is -1.76. The Bertz CT molecular complexity index is 560. The molecular weight excluding hydrogens is 307 g/mol. The predicted octanol–water partition coefficient (Wildman–Crippen LogP) is 3.59. The van der Waals surface area contributed by atoms with Gasteiger partial charge in [0.25, 0.3) is 0 Å². The number of amides is 1. The minimum atomic E-state index is -4.45. The Morgan fingerprint density at radius 1 is 1.30 bits per heavy atom. The molecule has 0 radical (unpaired) electrons. The van der Waals surface area contributed by atoms with Crippen molar-refractivity contribution in [2.75, 3.05) is 17.2 Å². The van der Waals surface area contributed by atoms with Crippen LogP contribution in [0, 0.1) is 5.92 Å². The van der Waals surface area contributed by atoms with Gasteiger partial charge >= 0.3 is 6.18 Å². The number of nitrogens with one attached hydrogen (secondary N) is 2. The van der Waals surface area contributed by atoms with Gasteiger partial charge in [0.05, 0.1) is 16.9 Å². The molecule has 0 saturated heterocycles. The van der Waals surface area contributed by atoms with Crippen molar-refractivity contribution < 1.29 is 18.0 Å². The van der Waals surface area contributed by atoms with Gasteiger partial charge in [0, 0.05) is 18.5 Å². The quantitative estimate of drug-likeness (QED) is 0.773. The van der Waals surface area contributed by atoms with E-state index in [2.05, 4.69) is 10.6 Å². The van der Waals surface area contributed by atoms with Crippen molar-refractivity contribution in [2.45, 2.75) is 44.8 Å². The zero-order valence-corrected chi connectivity index (χ0v) is 13.0. The normalized spacial score (nSPS) is 21.3. The minimum absolute atomic E-state index is 0.00931. The third-order valence-electron chi connectivity index (χ3n) is 4.01. The fraction of sp³-hybridized carbons (Fsp3) is 0.562. The second-order valence-electron chi connectivity index (χ2n) is 5.94. The second kappa shape index (κ2) is 7.21. The predicted molar refractivity (Wildman–Crippen MR) is 84.2 cm³/mol. The molecule has 23 heavy (non-hydrogen) atoms. The molecule has 0 spiro atoms. The molecule has 2 unspecified atom stereocenters. The Kier molecular flexibility index (Phi) is 5.51. The van der Waals surface area contributed by atoms with Gasteiger partial charge in [-0.2, -0.15) is 13.2 Å². The summed E-state index contributed by atoms with van der Waals surface area (Å²) >= 11 is 0. The van der Waals surface area contributed by atoms with Gasteiger partial charge in [-0.05, 0) is 43.9 Å². The van der Waals surface area contributed by atoms with E-state index in [1.807, 2.05) is 6.92 Å². The highest BCUT2D eigenvalue weighted by molar-refractivity contribution is 5.96. The van der Waals surface area contributed by atoms with Gasteiger partial charge in [-0.3, -0.25) is 4.79 Å². The van der Waals surface area contributed by atoms with Gasteiger partial charge in [0.1, 0.15) is 0 Å². The second-order valence-corrected chi connectivity index (χ2v) is 5.94. The van der Waals surface area contributed by atoms with E-state index < -0.39 is 11.7 Å². The molecule has 4 N–H and O–H groups in total. The van der Waals surface area contributed by atoms with Crippen LogP contribution in [0.25, 0.3) is 0 Å². The molecular formula is C16H22F3N3O. The minimum Gasteiger partial charge on any atom is -0.383 e. The van der Waals surface area contributed by atoms with Crippen LogP contribution in [0.5, 0.6) is 0 Å².